The molecule has 1 N–H and O–H groups in total. The van der Waals surface area contributed by atoms with Gasteiger partial charge in [-0.3, -0.25) is 14.7 Å². The highest BCUT2D eigenvalue weighted by atomic mass is 32.1. The molecule has 0 aromatic carbocycles. The Morgan fingerprint density at radius 3 is 2.76 bits per heavy atom. The van der Waals surface area contributed by atoms with Gasteiger partial charge in [-0.2, -0.15) is 9.37 Å². The average Bonchev–Trinajstić information content (AvgIpc) is 3.05. The van der Waals surface area contributed by atoms with E-state index < -0.39 is 5.95 Å². The number of carbonyl (C=O) groups is 1. The fourth-order valence-corrected chi connectivity index (χ4v) is 4.36. The summed E-state index contributed by atoms with van der Waals surface area (Å²) in [4.78, 5) is 22.1. The van der Waals surface area contributed by atoms with Crippen molar-refractivity contribution >= 4 is 22.4 Å². The lowest BCUT2D eigenvalue weighted by atomic mass is 9.98. The van der Waals surface area contributed by atoms with E-state index in [1.165, 1.54) is 23.8 Å². The van der Waals surface area contributed by atoms with Gasteiger partial charge in [-0.1, -0.05) is 11.3 Å². The van der Waals surface area contributed by atoms with E-state index in [9.17, 15) is 9.18 Å². The molecule has 0 saturated carbocycles. The maximum Gasteiger partial charge on any atom is 0.230 e. The zero-order chi connectivity index (χ0) is 18.0. The Labute approximate surface area is 151 Å². The number of thiazole rings is 1. The molecule has 1 aliphatic heterocycles. The van der Waals surface area contributed by atoms with Crippen LogP contribution in [0.25, 0.3) is 0 Å². The van der Waals surface area contributed by atoms with Crippen molar-refractivity contribution in [1.29, 1.82) is 0 Å². The summed E-state index contributed by atoms with van der Waals surface area (Å²) in [6.07, 6.45) is 2.14. The van der Waals surface area contributed by atoms with Crippen molar-refractivity contribution in [2.24, 2.45) is 5.92 Å². The van der Waals surface area contributed by atoms with Crippen LogP contribution in [-0.2, 0) is 17.8 Å². The van der Waals surface area contributed by atoms with Crippen molar-refractivity contribution in [1.82, 2.24) is 14.9 Å². The summed E-state index contributed by atoms with van der Waals surface area (Å²) in [5.41, 5.74) is 3.44. The predicted octanol–water partition coefficient (Wildman–Crippen LogP) is 3.32. The number of hydrogen-bond acceptors (Lipinski definition) is 5. The summed E-state index contributed by atoms with van der Waals surface area (Å²) < 4.78 is 14.0. The van der Waals surface area contributed by atoms with Crippen LogP contribution in [0.3, 0.4) is 0 Å². The first-order valence-corrected chi connectivity index (χ1v) is 9.30. The van der Waals surface area contributed by atoms with Gasteiger partial charge in [0, 0.05) is 31.4 Å². The minimum Gasteiger partial charge on any atom is -0.302 e. The molecular weight excluding hydrogens is 339 g/mol. The number of aryl methyl sites for hydroxylation is 2. The number of aromatic nitrogens is 2. The van der Waals surface area contributed by atoms with Gasteiger partial charge in [0.2, 0.25) is 11.9 Å². The number of hydrogen-bond donors (Lipinski definition) is 1. The molecule has 1 amide bonds. The Bertz CT molecular complexity index is 756. The fraction of sp³-hybridized carbons (Fsp3) is 0.500. The van der Waals surface area contributed by atoms with E-state index in [0.29, 0.717) is 22.5 Å². The second-order valence-electron chi connectivity index (χ2n) is 6.77. The number of anilines is 1. The highest BCUT2D eigenvalue weighted by Crippen LogP contribution is 2.27. The maximum absolute atomic E-state index is 14.0. The Morgan fingerprint density at radius 1 is 1.36 bits per heavy atom. The highest BCUT2D eigenvalue weighted by molar-refractivity contribution is 7.15. The van der Waals surface area contributed by atoms with E-state index in [0.717, 1.165) is 37.3 Å². The normalized spacial score (nSPS) is 17.8. The molecule has 2 aromatic rings. The van der Waals surface area contributed by atoms with Gasteiger partial charge < -0.3 is 5.32 Å². The van der Waals surface area contributed by atoms with E-state index in [-0.39, 0.29) is 5.91 Å². The van der Waals surface area contributed by atoms with E-state index in [4.69, 9.17) is 0 Å². The number of halogens is 1. The summed E-state index contributed by atoms with van der Waals surface area (Å²) in [5, 5.41) is 2.88. The van der Waals surface area contributed by atoms with Crippen molar-refractivity contribution in [3.63, 3.8) is 0 Å². The summed E-state index contributed by atoms with van der Waals surface area (Å²) in [7, 11) is 0. The topological polar surface area (TPSA) is 58.1 Å². The van der Waals surface area contributed by atoms with Crippen LogP contribution in [0, 0.1) is 25.7 Å². The Kier molecular flexibility index (Phi) is 5.44. The molecule has 1 saturated heterocycles. The third kappa shape index (κ3) is 4.83. The SMILES string of the molecule is CC(=O)Nc1nc(F)c(CN2CCC(Cc3cc(C)nc(C)c3)C2)s1. The Balaban J connectivity index is 1.58. The number of likely N-dealkylation sites (tertiary alicyclic amines) is 1. The monoisotopic (exact) mass is 362 g/mol. The van der Waals surface area contributed by atoms with Crippen LogP contribution in [0.1, 0.15) is 35.2 Å². The average molecular weight is 362 g/mol. The standard InChI is InChI=1S/C18H23FN4OS/c1-11-6-15(7-12(2)20-11)8-14-4-5-23(9-14)10-16-17(19)22-18(25-16)21-13(3)24/h6-7,14H,4-5,8-10H2,1-3H3,(H,21,22,24). The third-order valence-electron chi connectivity index (χ3n) is 4.34. The molecule has 134 valence electrons. The minimum absolute atomic E-state index is 0.232. The van der Waals surface area contributed by atoms with Gasteiger partial charge in [0.05, 0.1) is 4.88 Å². The summed E-state index contributed by atoms with van der Waals surface area (Å²) in [6.45, 7) is 7.90. The lowest BCUT2D eigenvalue weighted by molar-refractivity contribution is -0.114. The van der Waals surface area contributed by atoms with E-state index in [2.05, 4.69) is 32.3 Å². The van der Waals surface area contributed by atoms with E-state index >= 15 is 0 Å². The molecule has 1 aliphatic rings. The molecule has 25 heavy (non-hydrogen) atoms. The van der Waals surface area contributed by atoms with Gasteiger partial charge >= 0.3 is 0 Å². The first kappa shape index (κ1) is 17.9. The predicted molar refractivity (Wildman–Crippen MR) is 97.2 cm³/mol. The zero-order valence-electron chi connectivity index (χ0n) is 14.8. The number of pyridine rings is 1. The molecule has 1 fully saturated rings. The molecule has 3 heterocycles. The van der Waals surface area contributed by atoms with Gasteiger partial charge in [0.25, 0.3) is 0 Å². The highest BCUT2D eigenvalue weighted by Gasteiger charge is 2.25. The third-order valence-corrected chi connectivity index (χ3v) is 5.27. The van der Waals surface area contributed by atoms with Gasteiger partial charge in [-0.25, -0.2) is 0 Å². The summed E-state index contributed by atoms with van der Waals surface area (Å²) in [5.74, 6) is -0.131. The molecule has 7 heteroatoms. The van der Waals surface area contributed by atoms with Crippen molar-refractivity contribution in [3.8, 4) is 0 Å². The molecule has 3 rings (SSSR count). The zero-order valence-corrected chi connectivity index (χ0v) is 15.6. The lowest BCUT2D eigenvalue weighted by Gasteiger charge is -2.15. The molecule has 1 unspecified atom stereocenters. The Morgan fingerprint density at radius 2 is 2.08 bits per heavy atom. The number of amides is 1. The van der Waals surface area contributed by atoms with Crippen molar-refractivity contribution in [3.05, 3.63) is 39.9 Å². The number of nitrogens with zero attached hydrogens (tertiary/aromatic N) is 3. The van der Waals surface area contributed by atoms with Crippen molar-refractivity contribution in [2.75, 3.05) is 18.4 Å². The number of nitrogens with one attached hydrogen (secondary N) is 1. The van der Waals surface area contributed by atoms with Crippen LogP contribution >= 0.6 is 11.3 Å². The molecule has 0 radical (unpaired) electrons. The van der Waals surface area contributed by atoms with Gasteiger partial charge in [0.1, 0.15) is 0 Å². The van der Waals surface area contributed by atoms with Crippen LogP contribution in [-0.4, -0.2) is 33.9 Å². The second-order valence-corrected chi connectivity index (χ2v) is 7.85. The molecular formula is C18H23FN4OS. The fourth-order valence-electron chi connectivity index (χ4n) is 3.43. The maximum atomic E-state index is 14.0. The van der Waals surface area contributed by atoms with E-state index in [1.54, 1.807) is 0 Å². The van der Waals surface area contributed by atoms with Gasteiger partial charge in [0.15, 0.2) is 5.13 Å². The first-order valence-electron chi connectivity index (χ1n) is 8.48. The smallest absolute Gasteiger partial charge is 0.230 e. The van der Waals surface area contributed by atoms with Crippen LogP contribution in [0.2, 0.25) is 0 Å². The first-order chi connectivity index (χ1) is 11.9. The molecule has 0 aliphatic carbocycles. The summed E-state index contributed by atoms with van der Waals surface area (Å²) >= 11 is 1.22. The number of rotatable bonds is 5. The second kappa shape index (κ2) is 7.58. The summed E-state index contributed by atoms with van der Waals surface area (Å²) in [6, 6.07) is 4.30. The molecule has 0 spiro atoms. The van der Waals surface area contributed by atoms with E-state index in [1.807, 2.05) is 13.8 Å². The van der Waals surface area contributed by atoms with Crippen LogP contribution < -0.4 is 5.32 Å². The van der Waals surface area contributed by atoms with Crippen LogP contribution in [0.4, 0.5) is 9.52 Å². The van der Waals surface area contributed by atoms with Crippen molar-refractivity contribution < 1.29 is 9.18 Å². The molecule has 5 nitrogen and oxygen atoms in total. The lowest BCUT2D eigenvalue weighted by Crippen LogP contribution is -2.20. The molecule has 1 atom stereocenters. The minimum atomic E-state index is -0.474. The Hall–Kier alpha value is -1.86. The van der Waals surface area contributed by atoms with Crippen molar-refractivity contribution in [2.45, 2.75) is 40.2 Å². The largest absolute Gasteiger partial charge is 0.302 e. The van der Waals surface area contributed by atoms with Gasteiger partial charge in [-0.15, -0.1) is 0 Å². The molecule has 2 aromatic heterocycles. The molecule has 0 bridgehead atoms. The van der Waals surface area contributed by atoms with Crippen LogP contribution in [0.5, 0.6) is 0 Å². The quantitative estimate of drug-likeness (QED) is 0.886. The van der Waals surface area contributed by atoms with Crippen LogP contribution in [0.15, 0.2) is 12.1 Å². The van der Waals surface area contributed by atoms with Gasteiger partial charge in [-0.05, 0) is 56.8 Å². The number of carbonyl (C=O) groups excluding carboxylic acids is 1.